The number of aromatic nitrogens is 2. The molecule has 0 spiro atoms. The van der Waals surface area contributed by atoms with Gasteiger partial charge in [0.2, 0.25) is 0 Å². The van der Waals surface area contributed by atoms with E-state index in [2.05, 4.69) is 26.5 Å². The van der Waals surface area contributed by atoms with Crippen LogP contribution in [0.3, 0.4) is 0 Å². The molecule has 0 atom stereocenters. The molecule has 0 unspecified atom stereocenters. The Labute approximate surface area is 87.4 Å². The lowest BCUT2D eigenvalue weighted by atomic mass is 10.2. The van der Waals surface area contributed by atoms with Crippen LogP contribution in [-0.2, 0) is 0 Å². The quantitative estimate of drug-likeness (QED) is 0.557. The average molecular weight is 198 g/mol. The minimum atomic E-state index is 1.20. The topological polar surface area (TPSA) is 38.9 Å². The van der Waals surface area contributed by atoms with Gasteiger partial charge in [-0.3, -0.25) is 4.98 Å². The van der Waals surface area contributed by atoms with Crippen LogP contribution in [0.15, 0.2) is 66.0 Å². The van der Waals surface area contributed by atoms with Gasteiger partial charge in [-0.1, -0.05) is 24.3 Å². The van der Waals surface area contributed by atoms with Crippen molar-refractivity contribution in [2.45, 2.75) is 0 Å². The molecule has 15 heavy (non-hydrogen) atoms. The highest BCUT2D eigenvalue weighted by atomic mass is 16.3. The maximum atomic E-state index is 4.47. The molecule has 0 aliphatic carbocycles. The van der Waals surface area contributed by atoms with E-state index in [0.29, 0.717) is 0 Å². The summed E-state index contributed by atoms with van der Waals surface area (Å²) < 4.78 is 4.47. The smallest absolute Gasteiger partial charge is 0.180 e. The van der Waals surface area contributed by atoms with E-state index in [1.54, 1.807) is 6.20 Å². The molecule has 2 aromatic heterocycles. The molecule has 2 heterocycles. The number of benzene rings is 1. The van der Waals surface area contributed by atoms with Crippen LogP contribution in [0.1, 0.15) is 0 Å². The summed E-state index contributed by atoms with van der Waals surface area (Å²) in [6.07, 6.45) is 8.15. The number of hydrogen-bond donors (Lipinski definition) is 0. The first-order chi connectivity index (χ1) is 7.47. The predicted octanol–water partition coefficient (Wildman–Crippen LogP) is 2.91. The third kappa shape index (κ3) is 2.64. The Balaban J connectivity index is 0.000000144. The van der Waals surface area contributed by atoms with Crippen LogP contribution < -0.4 is 0 Å². The van der Waals surface area contributed by atoms with Crippen molar-refractivity contribution in [3.05, 3.63) is 61.6 Å². The molecular formula is C12H10N2O. The molecule has 3 heteroatoms. The van der Waals surface area contributed by atoms with Crippen molar-refractivity contribution < 1.29 is 4.42 Å². The average Bonchev–Trinajstić information content (AvgIpc) is 2.88. The van der Waals surface area contributed by atoms with E-state index in [1.807, 2.05) is 30.6 Å². The molecule has 0 N–H and O–H groups in total. The fraction of sp³-hybridized carbons (Fsp3) is 0. The van der Waals surface area contributed by atoms with E-state index in [1.165, 1.54) is 23.4 Å². The van der Waals surface area contributed by atoms with Crippen molar-refractivity contribution in [3.63, 3.8) is 0 Å². The third-order valence-electron chi connectivity index (χ3n) is 1.90. The minimum absolute atomic E-state index is 1.20. The molecular weight excluding hydrogens is 188 g/mol. The Hall–Kier alpha value is -2.16. The molecule has 0 saturated heterocycles. The molecule has 3 rings (SSSR count). The maximum absolute atomic E-state index is 4.47. The Morgan fingerprint density at radius 2 is 1.73 bits per heavy atom. The van der Waals surface area contributed by atoms with Crippen LogP contribution in [0.25, 0.3) is 10.8 Å². The van der Waals surface area contributed by atoms with Gasteiger partial charge in [-0.25, -0.2) is 4.98 Å². The lowest BCUT2D eigenvalue weighted by Gasteiger charge is -1.91. The first-order valence-electron chi connectivity index (χ1n) is 4.58. The number of nitrogens with zero attached hydrogens (tertiary/aromatic N) is 2. The maximum Gasteiger partial charge on any atom is 0.180 e. The van der Waals surface area contributed by atoms with Gasteiger partial charge in [0.1, 0.15) is 6.26 Å². The van der Waals surface area contributed by atoms with Gasteiger partial charge in [0.15, 0.2) is 6.39 Å². The summed E-state index contributed by atoms with van der Waals surface area (Å²) in [4.78, 5) is 7.57. The Bertz CT molecular complexity index is 423. The third-order valence-corrected chi connectivity index (χ3v) is 1.90. The second-order valence-corrected chi connectivity index (χ2v) is 2.90. The van der Waals surface area contributed by atoms with Crippen LogP contribution in [0, 0.1) is 0 Å². The number of fused-ring (bicyclic) bond motifs is 1. The summed E-state index contributed by atoms with van der Waals surface area (Å²) in [5.41, 5.74) is 0. The zero-order valence-corrected chi connectivity index (χ0v) is 8.08. The van der Waals surface area contributed by atoms with Gasteiger partial charge in [0.25, 0.3) is 0 Å². The Kier molecular flexibility index (Phi) is 3.07. The highest BCUT2D eigenvalue weighted by molar-refractivity contribution is 5.80. The second-order valence-electron chi connectivity index (χ2n) is 2.90. The summed E-state index contributed by atoms with van der Waals surface area (Å²) in [7, 11) is 0. The van der Waals surface area contributed by atoms with Crippen LogP contribution in [0.2, 0.25) is 0 Å². The van der Waals surface area contributed by atoms with Crippen molar-refractivity contribution in [1.82, 2.24) is 9.97 Å². The summed E-state index contributed by atoms with van der Waals surface area (Å²) >= 11 is 0. The number of pyridine rings is 1. The largest absolute Gasteiger partial charge is 0.452 e. The van der Waals surface area contributed by atoms with E-state index in [-0.39, 0.29) is 0 Å². The van der Waals surface area contributed by atoms with Crippen molar-refractivity contribution in [1.29, 1.82) is 0 Å². The van der Waals surface area contributed by atoms with E-state index in [0.717, 1.165) is 0 Å². The summed E-state index contributed by atoms with van der Waals surface area (Å²) in [6.45, 7) is 0. The molecule has 0 aliphatic heterocycles. The summed E-state index contributed by atoms with van der Waals surface area (Å²) in [6, 6.07) is 10.2. The summed E-state index contributed by atoms with van der Waals surface area (Å²) in [5, 5.41) is 2.45. The Morgan fingerprint density at radius 1 is 0.867 bits per heavy atom. The second kappa shape index (κ2) is 4.91. The van der Waals surface area contributed by atoms with Gasteiger partial charge in [-0.05, 0) is 16.8 Å². The monoisotopic (exact) mass is 198 g/mol. The molecule has 3 nitrogen and oxygen atoms in total. The first-order valence-corrected chi connectivity index (χ1v) is 4.58. The van der Waals surface area contributed by atoms with Gasteiger partial charge in [0, 0.05) is 12.4 Å². The van der Waals surface area contributed by atoms with Gasteiger partial charge < -0.3 is 4.42 Å². The van der Waals surface area contributed by atoms with E-state index in [9.17, 15) is 0 Å². The molecule has 0 saturated carbocycles. The number of rotatable bonds is 0. The van der Waals surface area contributed by atoms with Crippen LogP contribution in [0.5, 0.6) is 0 Å². The lowest BCUT2D eigenvalue weighted by Crippen LogP contribution is -1.71. The highest BCUT2D eigenvalue weighted by Crippen LogP contribution is 2.09. The molecule has 0 fully saturated rings. The molecule has 3 aromatic rings. The van der Waals surface area contributed by atoms with Crippen molar-refractivity contribution in [3.8, 4) is 0 Å². The molecule has 0 amide bonds. The lowest BCUT2D eigenvalue weighted by molar-refractivity contribution is 0.558. The van der Waals surface area contributed by atoms with Gasteiger partial charge in [0.05, 0.1) is 6.20 Å². The van der Waals surface area contributed by atoms with E-state index in [4.69, 9.17) is 0 Å². The fourth-order valence-electron chi connectivity index (χ4n) is 1.20. The fourth-order valence-corrected chi connectivity index (χ4v) is 1.20. The normalized spacial score (nSPS) is 9.33. The molecule has 0 bridgehead atoms. The van der Waals surface area contributed by atoms with E-state index < -0.39 is 0 Å². The van der Waals surface area contributed by atoms with Crippen LogP contribution >= 0.6 is 0 Å². The molecule has 74 valence electrons. The SMILES string of the molecule is c1ccc2cnccc2c1.c1cocn1. The number of oxazole rings is 1. The van der Waals surface area contributed by atoms with Crippen molar-refractivity contribution >= 4 is 10.8 Å². The van der Waals surface area contributed by atoms with Crippen LogP contribution in [-0.4, -0.2) is 9.97 Å². The highest BCUT2D eigenvalue weighted by Gasteiger charge is 1.86. The van der Waals surface area contributed by atoms with E-state index >= 15 is 0 Å². The van der Waals surface area contributed by atoms with Crippen LogP contribution in [0.4, 0.5) is 0 Å². The molecule has 1 aromatic carbocycles. The Morgan fingerprint density at radius 3 is 2.33 bits per heavy atom. The minimum Gasteiger partial charge on any atom is -0.452 e. The number of hydrogen-bond acceptors (Lipinski definition) is 3. The molecule has 0 radical (unpaired) electrons. The standard InChI is InChI=1S/C9H7N.C3H3NO/c1-2-4-9-7-10-6-5-8(9)3-1;1-2-5-3-4-1/h1-7H;1-3H. The summed E-state index contributed by atoms with van der Waals surface area (Å²) in [5.74, 6) is 0. The predicted molar refractivity (Wildman–Crippen MR) is 58.2 cm³/mol. The van der Waals surface area contributed by atoms with Gasteiger partial charge >= 0.3 is 0 Å². The van der Waals surface area contributed by atoms with Crippen molar-refractivity contribution in [2.24, 2.45) is 0 Å². The van der Waals surface area contributed by atoms with Gasteiger partial charge in [-0.2, -0.15) is 0 Å². The van der Waals surface area contributed by atoms with Gasteiger partial charge in [-0.15, -0.1) is 0 Å². The zero-order chi connectivity index (χ0) is 10.3. The molecule has 0 aliphatic rings. The van der Waals surface area contributed by atoms with Crippen molar-refractivity contribution in [2.75, 3.05) is 0 Å². The zero-order valence-electron chi connectivity index (χ0n) is 8.08. The first kappa shape index (κ1) is 9.40.